The number of aromatic nitrogens is 2. The monoisotopic (exact) mass is 529 g/mol. The second-order valence-corrected chi connectivity index (χ2v) is 10.8. The molecule has 202 valence electrons. The molecule has 3 aromatic heterocycles. The lowest BCUT2D eigenvalue weighted by atomic mass is 9.91. The molecule has 40 heavy (non-hydrogen) atoms. The maximum atomic E-state index is 11.8. The number of nitro benzene ring substituents is 1. The van der Waals surface area contributed by atoms with E-state index in [9.17, 15) is 10.1 Å². The standard InChI is InChI=1S/C35H35N3O2/c1-3-5-7-17-27-28(18-8-6-4-2)34-33(25-15-13-16-26(22-25)38(39)40)29-19-10-12-21-32(29)37(34)35-30(27)23-24-14-9-11-20-31(24)36-35/h9-16,19-23H,3-8,17-18H2,1-2H3. The number of benzene rings is 3. The SMILES string of the molecule is CCCCCc1c(CCCCC)c2c(-c3cccc([N+](=O)[O-])c3)c3ccccc3n2c2nc3ccccc3cc12. The summed E-state index contributed by atoms with van der Waals surface area (Å²) in [6.07, 6.45) is 8.88. The van der Waals surface area contributed by atoms with Crippen LogP contribution in [0.2, 0.25) is 0 Å². The molecule has 0 saturated heterocycles. The number of unbranched alkanes of at least 4 members (excludes halogenated alkanes) is 4. The minimum atomic E-state index is -0.300. The van der Waals surface area contributed by atoms with Gasteiger partial charge in [0.25, 0.3) is 5.69 Å². The normalized spacial score (nSPS) is 11.8. The number of hydrogen-bond acceptors (Lipinski definition) is 3. The third-order valence-corrected chi connectivity index (χ3v) is 8.17. The van der Waals surface area contributed by atoms with Gasteiger partial charge < -0.3 is 0 Å². The van der Waals surface area contributed by atoms with Crippen molar-refractivity contribution in [2.75, 3.05) is 0 Å². The molecule has 0 N–H and O–H groups in total. The van der Waals surface area contributed by atoms with Gasteiger partial charge in [-0.1, -0.05) is 88.1 Å². The Kier molecular flexibility index (Phi) is 7.21. The van der Waals surface area contributed by atoms with E-state index < -0.39 is 0 Å². The minimum absolute atomic E-state index is 0.113. The Bertz CT molecular complexity index is 1870. The fraction of sp³-hybridized carbons (Fsp3) is 0.286. The highest BCUT2D eigenvalue weighted by Crippen LogP contribution is 2.43. The number of hydrogen-bond donors (Lipinski definition) is 0. The van der Waals surface area contributed by atoms with Crippen molar-refractivity contribution in [2.45, 2.75) is 65.2 Å². The lowest BCUT2D eigenvalue weighted by Gasteiger charge is -2.19. The van der Waals surface area contributed by atoms with Crippen LogP contribution < -0.4 is 0 Å². The molecule has 0 radical (unpaired) electrons. The van der Waals surface area contributed by atoms with E-state index in [1.807, 2.05) is 12.1 Å². The largest absolute Gasteiger partial charge is 0.293 e. The van der Waals surface area contributed by atoms with Crippen molar-refractivity contribution in [3.05, 3.63) is 100 Å². The molecule has 3 aromatic carbocycles. The minimum Gasteiger partial charge on any atom is -0.293 e. The van der Waals surface area contributed by atoms with Crippen LogP contribution in [0.4, 0.5) is 5.69 Å². The topological polar surface area (TPSA) is 60.4 Å². The molecule has 0 fully saturated rings. The van der Waals surface area contributed by atoms with Crippen LogP contribution in [0.25, 0.3) is 49.5 Å². The summed E-state index contributed by atoms with van der Waals surface area (Å²) in [7, 11) is 0. The van der Waals surface area contributed by atoms with E-state index in [0.717, 1.165) is 76.2 Å². The van der Waals surface area contributed by atoms with Crippen LogP contribution in [0, 0.1) is 10.1 Å². The first kappa shape index (κ1) is 26.0. The Labute approximate surface area is 234 Å². The molecular weight excluding hydrogens is 494 g/mol. The molecule has 0 aliphatic carbocycles. The van der Waals surface area contributed by atoms with Gasteiger partial charge in [0.2, 0.25) is 0 Å². The van der Waals surface area contributed by atoms with Crippen molar-refractivity contribution in [1.82, 2.24) is 9.38 Å². The first-order chi connectivity index (χ1) is 19.6. The van der Waals surface area contributed by atoms with Gasteiger partial charge in [0, 0.05) is 33.9 Å². The van der Waals surface area contributed by atoms with Crippen LogP contribution in [0.3, 0.4) is 0 Å². The number of nitro groups is 1. The number of non-ortho nitro benzene ring substituents is 1. The predicted octanol–water partition coefficient (Wildman–Crippen LogP) is 9.83. The zero-order valence-corrected chi connectivity index (χ0v) is 23.3. The summed E-state index contributed by atoms with van der Waals surface area (Å²) < 4.78 is 2.34. The summed E-state index contributed by atoms with van der Waals surface area (Å²) in [5.74, 6) is 0. The van der Waals surface area contributed by atoms with Crippen molar-refractivity contribution in [3.8, 4) is 11.1 Å². The van der Waals surface area contributed by atoms with Gasteiger partial charge in [0.1, 0.15) is 5.65 Å². The number of pyridine rings is 2. The van der Waals surface area contributed by atoms with Gasteiger partial charge in [-0.25, -0.2) is 4.98 Å². The first-order valence-electron chi connectivity index (χ1n) is 14.6. The molecule has 6 aromatic rings. The average molecular weight is 530 g/mol. The number of nitrogens with zero attached hydrogens (tertiary/aromatic N) is 3. The summed E-state index contributed by atoms with van der Waals surface area (Å²) in [6, 6.07) is 26.3. The molecule has 0 aliphatic rings. The quantitative estimate of drug-likeness (QED) is 0.0768. The fourth-order valence-corrected chi connectivity index (χ4v) is 6.28. The molecular formula is C35H35N3O2. The molecule has 6 rings (SSSR count). The van der Waals surface area contributed by atoms with Crippen molar-refractivity contribution in [2.24, 2.45) is 0 Å². The van der Waals surface area contributed by atoms with Crippen LogP contribution >= 0.6 is 0 Å². The van der Waals surface area contributed by atoms with E-state index in [1.165, 1.54) is 35.8 Å². The van der Waals surface area contributed by atoms with Crippen LogP contribution in [0.1, 0.15) is 63.5 Å². The van der Waals surface area contributed by atoms with E-state index in [2.05, 4.69) is 66.8 Å². The van der Waals surface area contributed by atoms with Gasteiger partial charge >= 0.3 is 0 Å². The van der Waals surface area contributed by atoms with Gasteiger partial charge in [0.05, 0.1) is 21.5 Å². The van der Waals surface area contributed by atoms with Crippen LogP contribution in [0.15, 0.2) is 78.9 Å². The zero-order valence-electron chi connectivity index (χ0n) is 23.3. The van der Waals surface area contributed by atoms with Crippen LogP contribution in [-0.2, 0) is 12.8 Å². The summed E-state index contributed by atoms with van der Waals surface area (Å²) in [4.78, 5) is 16.8. The van der Waals surface area contributed by atoms with Gasteiger partial charge in [-0.15, -0.1) is 0 Å². The molecule has 5 heteroatoms. The third-order valence-electron chi connectivity index (χ3n) is 8.17. The highest BCUT2D eigenvalue weighted by molar-refractivity contribution is 6.11. The molecule has 0 atom stereocenters. The van der Waals surface area contributed by atoms with Crippen molar-refractivity contribution >= 4 is 44.0 Å². The summed E-state index contributed by atoms with van der Waals surface area (Å²) in [5, 5.41) is 15.3. The van der Waals surface area contributed by atoms with E-state index >= 15 is 0 Å². The van der Waals surface area contributed by atoms with Crippen molar-refractivity contribution in [1.29, 1.82) is 0 Å². The lowest BCUT2D eigenvalue weighted by Crippen LogP contribution is -2.05. The van der Waals surface area contributed by atoms with Gasteiger partial charge in [-0.05, 0) is 60.6 Å². The predicted molar refractivity (Wildman–Crippen MR) is 166 cm³/mol. The van der Waals surface area contributed by atoms with Crippen molar-refractivity contribution < 1.29 is 4.92 Å². The van der Waals surface area contributed by atoms with Crippen molar-refractivity contribution in [3.63, 3.8) is 0 Å². The smallest absolute Gasteiger partial charge is 0.270 e. The van der Waals surface area contributed by atoms with Gasteiger partial charge in [0.15, 0.2) is 0 Å². The number of rotatable bonds is 10. The van der Waals surface area contributed by atoms with Gasteiger partial charge in [-0.2, -0.15) is 0 Å². The number of aryl methyl sites for hydroxylation is 2. The second-order valence-electron chi connectivity index (χ2n) is 10.8. The Balaban J connectivity index is 1.81. The first-order valence-corrected chi connectivity index (χ1v) is 14.6. The zero-order chi connectivity index (χ0) is 27.6. The van der Waals surface area contributed by atoms with E-state index in [1.54, 1.807) is 18.2 Å². The average Bonchev–Trinajstić information content (AvgIpc) is 3.33. The summed E-state index contributed by atoms with van der Waals surface area (Å²) in [6.45, 7) is 4.49. The lowest BCUT2D eigenvalue weighted by molar-refractivity contribution is -0.384. The highest BCUT2D eigenvalue weighted by Gasteiger charge is 2.24. The second kappa shape index (κ2) is 11.1. The molecule has 0 bridgehead atoms. The molecule has 0 saturated carbocycles. The molecule has 5 nitrogen and oxygen atoms in total. The Morgan fingerprint density at radius 2 is 1.50 bits per heavy atom. The Morgan fingerprint density at radius 3 is 2.27 bits per heavy atom. The molecule has 0 spiro atoms. The van der Waals surface area contributed by atoms with E-state index in [4.69, 9.17) is 4.98 Å². The maximum absolute atomic E-state index is 11.8. The number of para-hydroxylation sites is 2. The highest BCUT2D eigenvalue weighted by atomic mass is 16.6. The summed E-state index contributed by atoms with van der Waals surface area (Å²) >= 11 is 0. The molecule has 0 unspecified atom stereocenters. The van der Waals surface area contributed by atoms with Crippen LogP contribution in [0.5, 0.6) is 0 Å². The Hall–Kier alpha value is -4.25. The molecule has 0 amide bonds. The third kappa shape index (κ3) is 4.49. The van der Waals surface area contributed by atoms with Gasteiger partial charge in [-0.3, -0.25) is 14.5 Å². The van der Waals surface area contributed by atoms with E-state index in [0.29, 0.717) is 0 Å². The fourth-order valence-electron chi connectivity index (χ4n) is 6.28. The summed E-state index contributed by atoms with van der Waals surface area (Å²) in [5.41, 5.74) is 9.00. The van der Waals surface area contributed by atoms with E-state index in [-0.39, 0.29) is 10.6 Å². The van der Waals surface area contributed by atoms with Crippen LogP contribution in [-0.4, -0.2) is 14.3 Å². The number of fused-ring (bicyclic) bond motifs is 6. The maximum Gasteiger partial charge on any atom is 0.270 e. The molecule has 0 aliphatic heterocycles. The Morgan fingerprint density at radius 1 is 0.775 bits per heavy atom. The molecule has 3 heterocycles.